The summed E-state index contributed by atoms with van der Waals surface area (Å²) in [6.45, 7) is 1.08. The van der Waals surface area contributed by atoms with E-state index in [0.29, 0.717) is 58.6 Å². The van der Waals surface area contributed by atoms with Gasteiger partial charge in [0.1, 0.15) is 19.0 Å². The maximum Gasteiger partial charge on any atom is 0.416 e. The van der Waals surface area contributed by atoms with E-state index in [2.05, 4.69) is 0 Å². The summed E-state index contributed by atoms with van der Waals surface area (Å²) in [5, 5.41) is 0.843. The van der Waals surface area contributed by atoms with Gasteiger partial charge in [0, 0.05) is 18.8 Å². The molecule has 0 aromatic heterocycles. The maximum atomic E-state index is 13.4. The number of carbonyl (C=O) groups excluding carboxylic acids is 1. The predicted molar refractivity (Wildman–Crippen MR) is 150 cm³/mol. The van der Waals surface area contributed by atoms with Gasteiger partial charge in [-0.3, -0.25) is 4.79 Å². The molecule has 4 rings (SSSR count). The highest BCUT2D eigenvalue weighted by Gasteiger charge is 2.33. The predicted octanol–water partition coefficient (Wildman–Crippen LogP) is 6.99. The van der Waals surface area contributed by atoms with E-state index in [4.69, 9.17) is 38.4 Å². The van der Waals surface area contributed by atoms with E-state index in [-0.39, 0.29) is 38.1 Å². The number of halogens is 6. The fourth-order valence-corrected chi connectivity index (χ4v) is 4.93. The van der Waals surface area contributed by atoms with Crippen LogP contribution in [0.4, 0.5) is 18.9 Å². The van der Waals surface area contributed by atoms with Crippen molar-refractivity contribution in [3.63, 3.8) is 0 Å². The first-order valence-corrected chi connectivity index (χ1v) is 12.9. The van der Waals surface area contributed by atoms with Gasteiger partial charge in [0.25, 0.3) is 0 Å². The van der Waals surface area contributed by atoms with E-state index in [1.54, 1.807) is 35.2 Å². The molecule has 1 unspecified atom stereocenters. The van der Waals surface area contributed by atoms with Gasteiger partial charge >= 0.3 is 6.18 Å². The van der Waals surface area contributed by atoms with Crippen molar-refractivity contribution >= 4 is 47.2 Å². The molecule has 3 aromatic rings. The number of hydrogen-bond acceptors (Lipinski definition) is 4. The Balaban J connectivity index is 0.00000420. The van der Waals surface area contributed by atoms with E-state index in [9.17, 15) is 18.0 Å². The van der Waals surface area contributed by atoms with Crippen molar-refractivity contribution < 1.29 is 27.4 Å². The van der Waals surface area contributed by atoms with Crippen LogP contribution in [0.15, 0.2) is 60.7 Å². The molecule has 3 aromatic carbocycles. The Kier molecular flexibility index (Phi) is 10.8. The largest absolute Gasteiger partial charge is 0.490 e. The number of ether oxygens (including phenoxy) is 2. The first-order valence-electron chi connectivity index (χ1n) is 12.2. The summed E-state index contributed by atoms with van der Waals surface area (Å²) in [6, 6.07) is 16.0. The van der Waals surface area contributed by atoms with Crippen LogP contribution in [0.1, 0.15) is 23.1 Å². The number of carbonyl (C=O) groups is 1. The Hall–Kier alpha value is -2.65. The smallest absolute Gasteiger partial charge is 0.416 e. The van der Waals surface area contributed by atoms with Gasteiger partial charge in [0.05, 0.1) is 21.5 Å². The van der Waals surface area contributed by atoms with Crippen LogP contribution in [-0.4, -0.2) is 32.2 Å². The number of para-hydroxylation sites is 1. The van der Waals surface area contributed by atoms with E-state index in [1.807, 2.05) is 12.1 Å². The second-order valence-corrected chi connectivity index (χ2v) is 9.78. The molecule has 0 fully saturated rings. The van der Waals surface area contributed by atoms with E-state index < -0.39 is 17.7 Å². The van der Waals surface area contributed by atoms with Gasteiger partial charge in [-0.25, -0.2) is 0 Å². The number of nitrogens with zero attached hydrogens (tertiary/aromatic N) is 1. The fourth-order valence-electron chi connectivity index (χ4n) is 4.42. The van der Waals surface area contributed by atoms with Gasteiger partial charge in [0.15, 0.2) is 5.75 Å². The Labute approximate surface area is 241 Å². The number of hydrogen-bond donors (Lipinski definition) is 1. The number of nitrogens with two attached hydrogens (primary N) is 1. The monoisotopic (exact) mass is 602 g/mol. The molecule has 0 radical (unpaired) electrons. The molecule has 210 valence electrons. The number of aryl methyl sites for hydroxylation is 1. The van der Waals surface area contributed by atoms with Gasteiger partial charge in [-0.05, 0) is 72.9 Å². The van der Waals surface area contributed by atoms with Crippen LogP contribution in [-0.2, 0) is 23.8 Å². The highest BCUT2D eigenvalue weighted by atomic mass is 35.5. The second-order valence-electron chi connectivity index (χ2n) is 8.96. The molecule has 39 heavy (non-hydrogen) atoms. The Bertz CT molecular complexity index is 1250. The second kappa shape index (κ2) is 13.6. The minimum atomic E-state index is -4.42. The van der Waals surface area contributed by atoms with Crippen LogP contribution >= 0.6 is 35.6 Å². The maximum absolute atomic E-state index is 13.4. The van der Waals surface area contributed by atoms with Crippen LogP contribution in [0.2, 0.25) is 10.0 Å². The molecule has 2 N–H and O–H groups in total. The summed E-state index contributed by atoms with van der Waals surface area (Å²) in [4.78, 5) is 14.9. The summed E-state index contributed by atoms with van der Waals surface area (Å²) in [6.07, 6.45) is -2.94. The summed E-state index contributed by atoms with van der Waals surface area (Å²) >= 11 is 12.2. The van der Waals surface area contributed by atoms with Crippen LogP contribution < -0.4 is 20.1 Å². The average Bonchev–Trinajstić information content (AvgIpc) is 2.90. The fraction of sp³-hybridized carbons (Fsp3) is 0.321. The lowest BCUT2D eigenvalue weighted by Crippen LogP contribution is -2.42. The molecule has 0 saturated carbocycles. The standard InChI is InChI=1S/C28H27Cl2F3N2O3.ClH/c29-23-4-1-5-24(30)26(23)38-14-13-37-22-9-6-18(7-10-22)15-20(17-34)27(36)35-12-2-3-19-16-21(28(31,32)33)8-11-25(19)35;/h1,4-11,16,20H,2-3,12-15,17,34H2;1H. The lowest BCUT2D eigenvalue weighted by Gasteiger charge is -2.32. The third-order valence-electron chi connectivity index (χ3n) is 6.35. The van der Waals surface area contributed by atoms with E-state index >= 15 is 0 Å². The van der Waals surface area contributed by atoms with Crippen LogP contribution in [0.5, 0.6) is 11.5 Å². The lowest BCUT2D eigenvalue weighted by atomic mass is 9.94. The molecule has 0 spiro atoms. The quantitative estimate of drug-likeness (QED) is 0.268. The molecule has 5 nitrogen and oxygen atoms in total. The molecule has 0 aliphatic carbocycles. The van der Waals surface area contributed by atoms with Crippen LogP contribution in [0.3, 0.4) is 0 Å². The van der Waals surface area contributed by atoms with Crippen molar-refractivity contribution in [2.45, 2.75) is 25.4 Å². The van der Waals surface area contributed by atoms with Gasteiger partial charge in [-0.2, -0.15) is 13.2 Å². The average molecular weight is 604 g/mol. The summed E-state index contributed by atoms with van der Waals surface area (Å²) in [7, 11) is 0. The molecule has 0 bridgehead atoms. The lowest BCUT2D eigenvalue weighted by molar-refractivity contribution is -0.137. The molecule has 1 aliphatic rings. The molecule has 1 aliphatic heterocycles. The number of benzene rings is 3. The highest BCUT2D eigenvalue weighted by Crippen LogP contribution is 2.36. The van der Waals surface area contributed by atoms with Crippen LogP contribution in [0, 0.1) is 5.92 Å². The zero-order valence-corrected chi connectivity index (χ0v) is 23.2. The molecule has 1 heterocycles. The molecule has 1 amide bonds. The summed E-state index contributed by atoms with van der Waals surface area (Å²) in [5.74, 6) is 0.334. The van der Waals surface area contributed by atoms with Gasteiger partial charge < -0.3 is 20.1 Å². The summed E-state index contributed by atoms with van der Waals surface area (Å²) < 4.78 is 50.7. The van der Waals surface area contributed by atoms with Gasteiger partial charge in [0.2, 0.25) is 5.91 Å². The highest BCUT2D eigenvalue weighted by molar-refractivity contribution is 6.37. The molecular weight excluding hydrogens is 576 g/mol. The Morgan fingerprint density at radius 3 is 2.31 bits per heavy atom. The topological polar surface area (TPSA) is 64.8 Å². The number of rotatable bonds is 9. The third kappa shape index (κ3) is 7.72. The summed E-state index contributed by atoms with van der Waals surface area (Å²) in [5.41, 5.74) is 7.19. The van der Waals surface area contributed by atoms with Gasteiger partial charge in [-0.1, -0.05) is 41.4 Å². The molecule has 0 saturated heterocycles. The number of anilines is 1. The van der Waals surface area contributed by atoms with E-state index in [0.717, 1.165) is 17.7 Å². The Morgan fingerprint density at radius 1 is 1.00 bits per heavy atom. The van der Waals surface area contributed by atoms with E-state index in [1.165, 1.54) is 6.07 Å². The first-order chi connectivity index (χ1) is 18.2. The minimum Gasteiger partial charge on any atom is -0.490 e. The molecule has 11 heteroatoms. The zero-order valence-electron chi connectivity index (χ0n) is 20.8. The number of fused-ring (bicyclic) bond motifs is 1. The third-order valence-corrected chi connectivity index (χ3v) is 6.94. The van der Waals surface area contributed by atoms with Crippen molar-refractivity contribution in [3.05, 3.63) is 87.4 Å². The van der Waals surface area contributed by atoms with Crippen molar-refractivity contribution in [1.29, 1.82) is 0 Å². The van der Waals surface area contributed by atoms with Crippen molar-refractivity contribution in [2.75, 3.05) is 31.2 Å². The normalized spacial score (nSPS) is 13.7. The molecular formula is C28H28Cl3F3N2O3. The van der Waals surface area contributed by atoms with Gasteiger partial charge in [-0.15, -0.1) is 12.4 Å². The van der Waals surface area contributed by atoms with Crippen molar-refractivity contribution in [1.82, 2.24) is 0 Å². The Morgan fingerprint density at radius 2 is 1.67 bits per heavy atom. The zero-order chi connectivity index (χ0) is 27.3. The van der Waals surface area contributed by atoms with Crippen molar-refractivity contribution in [2.24, 2.45) is 11.7 Å². The number of amides is 1. The number of alkyl halides is 3. The first kappa shape index (κ1) is 30.9. The molecule has 1 atom stereocenters. The van der Waals surface area contributed by atoms with Crippen LogP contribution in [0.25, 0.3) is 0 Å². The van der Waals surface area contributed by atoms with Crippen molar-refractivity contribution in [3.8, 4) is 11.5 Å². The SMILES string of the molecule is Cl.NCC(Cc1ccc(OCCOc2c(Cl)cccc2Cl)cc1)C(=O)N1CCCc2cc(C(F)(F)F)ccc21. The minimum absolute atomic E-state index is 0.